The quantitative estimate of drug-likeness (QED) is 0.702. The highest BCUT2D eigenvalue weighted by atomic mass is 19.1. The normalized spacial score (nSPS) is 10.6. The molecule has 0 atom stereocenters. The molecule has 0 spiro atoms. The maximum Gasteiger partial charge on any atom is 0.228 e. The van der Waals surface area contributed by atoms with Crippen LogP contribution in [0.3, 0.4) is 0 Å². The number of carbonyl (C=O) groups excluding carboxylic acids is 1. The number of aryl methyl sites for hydroxylation is 1. The minimum Gasteiger partial charge on any atom is -0.322 e. The van der Waals surface area contributed by atoms with Crippen LogP contribution in [0.4, 0.5) is 10.1 Å². The number of H-pyrrole nitrogens is 1. The summed E-state index contributed by atoms with van der Waals surface area (Å²) in [5.41, 5.74) is 3.61. The lowest BCUT2D eigenvalue weighted by molar-refractivity contribution is -0.115. The molecule has 0 unspecified atom stereocenters. The van der Waals surface area contributed by atoms with Crippen molar-refractivity contribution in [3.8, 4) is 11.3 Å². The number of carbonyl (C=O) groups is 1. The van der Waals surface area contributed by atoms with Gasteiger partial charge in [0.05, 0.1) is 17.8 Å². The van der Waals surface area contributed by atoms with Crippen LogP contribution in [0.25, 0.3) is 11.3 Å². The molecule has 1 heterocycles. The van der Waals surface area contributed by atoms with Gasteiger partial charge in [-0.1, -0.05) is 55.8 Å². The molecule has 2 N–H and O–H groups in total. The van der Waals surface area contributed by atoms with Gasteiger partial charge >= 0.3 is 0 Å². The standard InChI is InChI=1S/C20H20FN3O/c1-2-7-17-20(22-18(25)12-14-8-4-3-5-9-14)19(24-23-17)15-10-6-11-16(21)13-15/h3-6,8-11,13H,2,7,12H2,1H3,(H,22,25)(H,23,24). The van der Waals surface area contributed by atoms with Gasteiger partial charge in [0, 0.05) is 5.56 Å². The number of rotatable bonds is 6. The van der Waals surface area contributed by atoms with Crippen molar-refractivity contribution < 1.29 is 9.18 Å². The fourth-order valence-electron chi connectivity index (χ4n) is 2.75. The van der Waals surface area contributed by atoms with E-state index in [1.165, 1.54) is 12.1 Å². The van der Waals surface area contributed by atoms with Gasteiger partial charge in [-0.15, -0.1) is 0 Å². The van der Waals surface area contributed by atoms with Gasteiger partial charge in [0.1, 0.15) is 11.5 Å². The van der Waals surface area contributed by atoms with E-state index in [1.807, 2.05) is 30.3 Å². The summed E-state index contributed by atoms with van der Waals surface area (Å²) in [6.45, 7) is 2.05. The highest BCUT2D eigenvalue weighted by molar-refractivity contribution is 5.96. The molecule has 3 aromatic rings. The van der Waals surface area contributed by atoms with Crippen LogP contribution in [0.2, 0.25) is 0 Å². The monoisotopic (exact) mass is 337 g/mol. The second-order valence-corrected chi connectivity index (χ2v) is 5.90. The van der Waals surface area contributed by atoms with Gasteiger partial charge in [-0.2, -0.15) is 5.10 Å². The first-order valence-corrected chi connectivity index (χ1v) is 8.34. The number of amides is 1. The second kappa shape index (κ2) is 7.75. The number of benzene rings is 2. The lowest BCUT2D eigenvalue weighted by Crippen LogP contribution is -2.15. The first kappa shape index (κ1) is 16.9. The Hall–Kier alpha value is -2.95. The SMILES string of the molecule is CCCc1[nH]nc(-c2cccc(F)c2)c1NC(=O)Cc1ccccc1. The summed E-state index contributed by atoms with van der Waals surface area (Å²) in [7, 11) is 0. The Balaban J connectivity index is 1.88. The van der Waals surface area contributed by atoms with Crippen molar-refractivity contribution in [3.63, 3.8) is 0 Å². The summed E-state index contributed by atoms with van der Waals surface area (Å²) in [6.07, 6.45) is 1.94. The van der Waals surface area contributed by atoms with Crippen molar-refractivity contribution in [2.45, 2.75) is 26.2 Å². The van der Waals surface area contributed by atoms with Gasteiger partial charge in [-0.05, 0) is 24.1 Å². The molecule has 0 bridgehead atoms. The molecule has 0 aliphatic carbocycles. The van der Waals surface area contributed by atoms with E-state index in [4.69, 9.17) is 0 Å². The third kappa shape index (κ3) is 4.12. The third-order valence-corrected chi connectivity index (χ3v) is 3.91. The van der Waals surface area contributed by atoms with Crippen LogP contribution in [0.1, 0.15) is 24.6 Å². The summed E-state index contributed by atoms with van der Waals surface area (Å²) < 4.78 is 13.6. The van der Waals surface area contributed by atoms with E-state index >= 15 is 0 Å². The number of aromatic amines is 1. The van der Waals surface area contributed by atoms with Crippen molar-refractivity contribution in [2.75, 3.05) is 5.32 Å². The molecule has 0 fully saturated rings. The lowest BCUT2D eigenvalue weighted by atomic mass is 10.1. The summed E-state index contributed by atoms with van der Waals surface area (Å²) >= 11 is 0. The lowest BCUT2D eigenvalue weighted by Gasteiger charge is -2.09. The molecule has 0 saturated carbocycles. The number of aromatic nitrogens is 2. The predicted octanol–water partition coefficient (Wildman–Crippen LogP) is 4.35. The maximum absolute atomic E-state index is 13.6. The zero-order valence-corrected chi connectivity index (χ0v) is 14.1. The van der Waals surface area contributed by atoms with Crippen molar-refractivity contribution >= 4 is 11.6 Å². The van der Waals surface area contributed by atoms with E-state index in [0.29, 0.717) is 16.9 Å². The van der Waals surface area contributed by atoms with Gasteiger partial charge < -0.3 is 5.32 Å². The molecule has 5 heteroatoms. The van der Waals surface area contributed by atoms with Gasteiger partial charge in [-0.3, -0.25) is 9.89 Å². The first-order chi connectivity index (χ1) is 12.2. The number of hydrogen-bond donors (Lipinski definition) is 2. The van der Waals surface area contributed by atoms with Gasteiger partial charge in [0.25, 0.3) is 0 Å². The summed E-state index contributed by atoms with van der Waals surface area (Å²) in [6, 6.07) is 15.8. The molecule has 25 heavy (non-hydrogen) atoms. The average Bonchev–Trinajstić information content (AvgIpc) is 2.98. The molecular weight excluding hydrogens is 317 g/mol. The third-order valence-electron chi connectivity index (χ3n) is 3.91. The van der Waals surface area contributed by atoms with E-state index in [2.05, 4.69) is 22.4 Å². The van der Waals surface area contributed by atoms with Gasteiger partial charge in [0.2, 0.25) is 5.91 Å². The molecule has 1 aromatic heterocycles. The van der Waals surface area contributed by atoms with Crippen LogP contribution in [-0.2, 0) is 17.6 Å². The number of hydrogen-bond acceptors (Lipinski definition) is 2. The van der Waals surface area contributed by atoms with Crippen LogP contribution >= 0.6 is 0 Å². The van der Waals surface area contributed by atoms with Crippen molar-refractivity contribution in [1.29, 1.82) is 0 Å². The smallest absolute Gasteiger partial charge is 0.228 e. The molecule has 0 aliphatic heterocycles. The number of nitrogens with zero attached hydrogens (tertiary/aromatic N) is 1. The average molecular weight is 337 g/mol. The molecule has 0 radical (unpaired) electrons. The maximum atomic E-state index is 13.6. The van der Waals surface area contributed by atoms with E-state index < -0.39 is 0 Å². The largest absolute Gasteiger partial charge is 0.322 e. The Labute approximate surface area is 146 Å². The number of anilines is 1. The predicted molar refractivity (Wildman–Crippen MR) is 96.8 cm³/mol. The second-order valence-electron chi connectivity index (χ2n) is 5.90. The highest BCUT2D eigenvalue weighted by Crippen LogP contribution is 2.30. The minimum absolute atomic E-state index is 0.123. The van der Waals surface area contributed by atoms with Crippen LogP contribution in [0.5, 0.6) is 0 Å². The number of halogens is 1. The zero-order chi connectivity index (χ0) is 17.6. The van der Waals surface area contributed by atoms with E-state index in [-0.39, 0.29) is 18.1 Å². The summed E-state index contributed by atoms with van der Waals surface area (Å²) in [5.74, 6) is -0.457. The van der Waals surface area contributed by atoms with Gasteiger partial charge in [-0.25, -0.2) is 4.39 Å². The molecule has 3 rings (SSSR count). The van der Waals surface area contributed by atoms with Gasteiger partial charge in [0.15, 0.2) is 0 Å². The molecular formula is C20H20FN3O. The summed E-state index contributed by atoms with van der Waals surface area (Å²) in [5, 5.41) is 10.2. The highest BCUT2D eigenvalue weighted by Gasteiger charge is 2.17. The first-order valence-electron chi connectivity index (χ1n) is 8.34. The van der Waals surface area contributed by atoms with E-state index in [9.17, 15) is 9.18 Å². The molecule has 2 aromatic carbocycles. The summed E-state index contributed by atoms with van der Waals surface area (Å²) in [4.78, 5) is 12.5. The minimum atomic E-state index is -0.334. The molecule has 4 nitrogen and oxygen atoms in total. The van der Waals surface area contributed by atoms with Crippen LogP contribution in [-0.4, -0.2) is 16.1 Å². The fourth-order valence-corrected chi connectivity index (χ4v) is 2.75. The molecule has 128 valence electrons. The Morgan fingerprint density at radius 1 is 1.16 bits per heavy atom. The van der Waals surface area contributed by atoms with Crippen LogP contribution in [0, 0.1) is 5.82 Å². The number of nitrogens with one attached hydrogen (secondary N) is 2. The fraction of sp³-hybridized carbons (Fsp3) is 0.200. The van der Waals surface area contributed by atoms with E-state index in [0.717, 1.165) is 24.1 Å². The topological polar surface area (TPSA) is 57.8 Å². The van der Waals surface area contributed by atoms with Crippen LogP contribution in [0.15, 0.2) is 54.6 Å². The Kier molecular flexibility index (Phi) is 5.23. The van der Waals surface area contributed by atoms with Crippen molar-refractivity contribution in [2.24, 2.45) is 0 Å². The Morgan fingerprint density at radius 3 is 2.68 bits per heavy atom. The molecule has 1 amide bonds. The molecule has 0 aliphatic rings. The van der Waals surface area contributed by atoms with Crippen molar-refractivity contribution in [1.82, 2.24) is 10.2 Å². The zero-order valence-electron chi connectivity index (χ0n) is 14.1. The van der Waals surface area contributed by atoms with E-state index in [1.54, 1.807) is 12.1 Å². The Morgan fingerprint density at radius 2 is 1.96 bits per heavy atom. The van der Waals surface area contributed by atoms with Crippen molar-refractivity contribution in [3.05, 3.63) is 71.7 Å². The molecule has 0 saturated heterocycles. The Bertz CT molecular complexity index is 858. The van der Waals surface area contributed by atoms with Crippen LogP contribution < -0.4 is 5.32 Å².